The summed E-state index contributed by atoms with van der Waals surface area (Å²) in [6, 6.07) is 0. The molecule has 0 rings (SSSR count). The van der Waals surface area contributed by atoms with Gasteiger partial charge in [0.25, 0.3) is 0 Å². The van der Waals surface area contributed by atoms with Gasteiger partial charge < -0.3 is 0 Å². The molecule has 0 bridgehead atoms. The molecule has 0 aliphatic carbocycles. The molecule has 0 aliphatic rings. The van der Waals surface area contributed by atoms with Gasteiger partial charge in [-0.3, -0.25) is 0 Å². The summed E-state index contributed by atoms with van der Waals surface area (Å²) in [5.41, 5.74) is 0. The third kappa shape index (κ3) is 15.7. The minimum absolute atomic E-state index is 0. The molecule has 0 aromatic carbocycles. The van der Waals surface area contributed by atoms with E-state index in [1.54, 1.807) is 0 Å². The average molecular weight is 337 g/mol. The Morgan fingerprint density at radius 2 is 1.62 bits per heavy atom. The Bertz CT molecular complexity index is 80.1. The number of hydrogen-bond acceptors (Lipinski definition) is 2. The summed E-state index contributed by atoms with van der Waals surface area (Å²) < 4.78 is 13.1. The maximum Gasteiger partial charge on any atom is 0 e. The van der Waals surface area contributed by atoms with E-state index in [-0.39, 0.29) is 39.6 Å². The van der Waals surface area contributed by atoms with Gasteiger partial charge in [0.15, 0.2) is 0 Å². The second-order valence-electron chi connectivity index (χ2n) is 0.572. The van der Waals surface area contributed by atoms with Gasteiger partial charge in [0, 0.05) is 39.6 Å². The summed E-state index contributed by atoms with van der Waals surface area (Å²) >= 11 is 0.635. The largest absolute Gasteiger partial charge is 0 e. The standard InChI is InChI=1S/Mo.Nb.H3O4P.V/c;;1-5(2,3)4;/h;;(H3,1,2,3,4);/q;+1;;/p-1. The van der Waals surface area contributed by atoms with Gasteiger partial charge in [-0.25, -0.2) is 0 Å². The topological polar surface area (TPSA) is 66.8 Å². The first-order valence-electron chi connectivity index (χ1n) is 0.948. The minimum Gasteiger partial charge on any atom is 0 e. The quantitative estimate of drug-likeness (QED) is 0.503. The summed E-state index contributed by atoms with van der Waals surface area (Å²) in [7, 11) is -4.12. The van der Waals surface area contributed by atoms with Crippen molar-refractivity contribution >= 4 is 7.82 Å². The Hall–Kier alpha value is 2.12. The molecule has 0 fully saturated rings. The number of rotatable bonds is 1. The van der Waals surface area contributed by atoms with Gasteiger partial charge in [-0.1, -0.05) is 0 Å². The first-order chi connectivity index (χ1) is 2.56. The summed E-state index contributed by atoms with van der Waals surface area (Å²) in [5, 5.41) is 0. The molecule has 0 saturated heterocycles. The molecular formula is H2MoNbO4PV. The minimum atomic E-state index is -4.12. The van der Waals surface area contributed by atoms with E-state index >= 15 is 0 Å². The fraction of sp³-hybridized carbons (Fsp3) is 0. The van der Waals surface area contributed by atoms with E-state index < -0.39 is 7.82 Å². The first kappa shape index (κ1) is 16.6. The first-order valence-corrected chi connectivity index (χ1v) is 3.38. The molecule has 0 heterocycles. The van der Waals surface area contributed by atoms with Crippen molar-refractivity contribution in [2.75, 3.05) is 0 Å². The van der Waals surface area contributed by atoms with Gasteiger partial charge in [0.1, 0.15) is 0 Å². The van der Waals surface area contributed by atoms with Crippen LogP contribution in [0.5, 0.6) is 0 Å². The Morgan fingerprint density at radius 1 is 1.50 bits per heavy atom. The summed E-state index contributed by atoms with van der Waals surface area (Å²) in [5.74, 6) is 0. The summed E-state index contributed by atoms with van der Waals surface area (Å²) in [6.45, 7) is 0. The molecule has 1 radical (unpaired) electrons. The van der Waals surface area contributed by atoms with Crippen LogP contribution in [-0.4, -0.2) is 9.79 Å². The normalized spacial score (nSPS) is 8.75. The van der Waals surface area contributed by atoms with E-state index in [0.29, 0.717) is 21.5 Å². The molecule has 0 atom stereocenters. The van der Waals surface area contributed by atoms with E-state index in [1.807, 2.05) is 0 Å². The molecule has 47 valence electrons. The predicted octanol–water partition coefficient (Wildman–Crippen LogP) is -0.448. The monoisotopic (exact) mass is 339 g/mol. The third-order valence-electron chi connectivity index (χ3n) is 0.106. The summed E-state index contributed by atoms with van der Waals surface area (Å²) in [6.07, 6.45) is 0. The Morgan fingerprint density at radius 3 is 1.62 bits per heavy atom. The fourth-order valence-electron chi connectivity index (χ4n) is 0. The third-order valence-corrected chi connectivity index (χ3v) is 1.89. The zero-order chi connectivity index (χ0) is 5.21. The molecule has 8 heteroatoms. The molecule has 0 aromatic rings. The average Bonchev–Trinajstić information content (AvgIpc) is 1.35. The molecule has 8 heavy (non-hydrogen) atoms. The van der Waals surface area contributed by atoms with Crippen LogP contribution in [0, 0.1) is 0 Å². The van der Waals surface area contributed by atoms with E-state index in [0.717, 1.165) is 0 Å². The fourth-order valence-corrected chi connectivity index (χ4v) is 0. The Labute approximate surface area is 85.6 Å². The van der Waals surface area contributed by atoms with E-state index in [9.17, 15) is 4.57 Å². The van der Waals surface area contributed by atoms with Gasteiger partial charge in [0.05, 0.1) is 0 Å². The van der Waals surface area contributed by atoms with Crippen LogP contribution < -0.4 is 0 Å². The number of phosphoric acid groups is 1. The zero-order valence-electron chi connectivity index (χ0n) is 3.46. The van der Waals surface area contributed by atoms with Crippen LogP contribution in [-0.2, 0) is 68.7 Å². The van der Waals surface area contributed by atoms with Crippen molar-refractivity contribution in [2.24, 2.45) is 0 Å². The summed E-state index contributed by atoms with van der Waals surface area (Å²) in [4.78, 5) is 15.5. The molecule has 4 nitrogen and oxygen atoms in total. The SMILES string of the molecule is O=P(O)(O)[O][Nb].[Mo].[V]. The smallest absolute Gasteiger partial charge is 0 e. The van der Waals surface area contributed by atoms with Crippen molar-refractivity contribution in [2.45, 2.75) is 0 Å². The van der Waals surface area contributed by atoms with Gasteiger partial charge in [-0.2, -0.15) is 0 Å². The molecule has 2 N–H and O–H groups in total. The number of hydrogen-bond donors (Lipinski definition) is 2. The molecule has 0 aliphatic heterocycles. The maximum absolute atomic E-state index is 9.48. The van der Waals surface area contributed by atoms with Crippen molar-refractivity contribution < 1.29 is 78.5 Å². The molecule has 0 aromatic heterocycles. The van der Waals surface area contributed by atoms with Gasteiger partial charge in [-0.05, 0) is 0 Å². The molecule has 0 unspecified atom stereocenters. The van der Waals surface area contributed by atoms with Crippen LogP contribution in [0.2, 0.25) is 0 Å². The van der Waals surface area contributed by atoms with Gasteiger partial charge in [-0.15, -0.1) is 0 Å². The predicted molar refractivity (Wildman–Crippen MR) is 13.1 cm³/mol. The van der Waals surface area contributed by atoms with E-state index in [4.69, 9.17) is 9.79 Å². The Balaban J connectivity index is -0.000000125. The second-order valence-corrected chi connectivity index (χ2v) is 2.92. The van der Waals surface area contributed by atoms with Crippen LogP contribution in [0.3, 0.4) is 0 Å². The molecule has 0 saturated carbocycles. The molecule has 0 amide bonds. The van der Waals surface area contributed by atoms with Crippen molar-refractivity contribution in [3.63, 3.8) is 0 Å². The molecule has 0 spiro atoms. The van der Waals surface area contributed by atoms with Crippen molar-refractivity contribution in [1.82, 2.24) is 0 Å². The van der Waals surface area contributed by atoms with Crippen LogP contribution in [0.1, 0.15) is 0 Å². The van der Waals surface area contributed by atoms with E-state index in [1.165, 1.54) is 0 Å². The van der Waals surface area contributed by atoms with Crippen LogP contribution in [0.15, 0.2) is 0 Å². The zero-order valence-corrected chi connectivity index (χ0v) is 9.96. The van der Waals surface area contributed by atoms with Crippen molar-refractivity contribution in [1.29, 1.82) is 0 Å². The van der Waals surface area contributed by atoms with Crippen LogP contribution in [0.4, 0.5) is 0 Å². The van der Waals surface area contributed by atoms with Crippen molar-refractivity contribution in [3.8, 4) is 0 Å². The van der Waals surface area contributed by atoms with E-state index in [2.05, 4.69) is 3.03 Å². The van der Waals surface area contributed by atoms with Gasteiger partial charge >= 0.3 is 46.7 Å². The second kappa shape index (κ2) is 7.23. The van der Waals surface area contributed by atoms with Crippen molar-refractivity contribution in [3.05, 3.63) is 0 Å². The van der Waals surface area contributed by atoms with Crippen LogP contribution >= 0.6 is 7.82 Å². The maximum atomic E-state index is 9.48. The molecular weight excluding hydrogens is 335 g/mol. The Kier molecular flexibility index (Phi) is 15.0. The van der Waals surface area contributed by atoms with Crippen LogP contribution in [0.25, 0.3) is 0 Å². The van der Waals surface area contributed by atoms with Gasteiger partial charge in [0.2, 0.25) is 0 Å².